The van der Waals surface area contributed by atoms with E-state index in [4.69, 9.17) is 0 Å². The summed E-state index contributed by atoms with van der Waals surface area (Å²) < 4.78 is 24.7. The fourth-order valence-electron chi connectivity index (χ4n) is 1.07. The molecule has 3 nitrogen and oxygen atoms in total. The van der Waals surface area contributed by atoms with Crippen molar-refractivity contribution in [2.45, 2.75) is 11.8 Å². The molecule has 0 saturated carbocycles. The van der Waals surface area contributed by atoms with Crippen LogP contribution in [0, 0.1) is 0 Å². The Bertz CT molecular complexity index is 403. The summed E-state index contributed by atoms with van der Waals surface area (Å²) in [6, 6.07) is 1.12. The molecule has 0 spiro atoms. The number of pyridine rings is 1. The topological polar surface area (TPSA) is 49.9 Å². The minimum Gasteiger partial charge on any atom is -0.320 e. The van der Waals surface area contributed by atoms with Gasteiger partial charge in [-0.15, -0.1) is 0 Å². The second kappa shape index (κ2) is 4.45. The van der Waals surface area contributed by atoms with Crippen LogP contribution in [-0.4, -0.2) is 11.3 Å². The molecule has 0 aliphatic heterocycles. The lowest BCUT2D eigenvalue weighted by molar-refractivity contribution is 0.110. The van der Waals surface area contributed by atoms with Crippen LogP contribution in [0.3, 0.4) is 0 Å². The lowest BCUT2D eigenvalue weighted by Gasteiger charge is -2.06. The van der Waals surface area contributed by atoms with E-state index in [2.05, 4.69) is 15.9 Å². The first-order valence-electron chi connectivity index (χ1n) is 3.65. The van der Waals surface area contributed by atoms with Crippen LogP contribution < -0.4 is 5.56 Å². The Hall–Kier alpha value is -1.04. The van der Waals surface area contributed by atoms with E-state index in [1.54, 1.807) is 0 Å². The fraction of sp³-hybridized carbons (Fsp3) is 0.250. The molecule has 0 saturated heterocycles. The summed E-state index contributed by atoms with van der Waals surface area (Å²) in [5.74, 6) is 0. The number of aldehydes is 1. The third kappa shape index (κ3) is 2.06. The molecule has 0 aliphatic rings. The molecule has 0 atom stereocenters. The Kier molecular flexibility index (Phi) is 3.51. The van der Waals surface area contributed by atoms with Crippen molar-refractivity contribution in [3.8, 4) is 0 Å². The Labute approximate surface area is 86.3 Å². The molecule has 14 heavy (non-hydrogen) atoms. The van der Waals surface area contributed by atoms with Crippen molar-refractivity contribution in [2.24, 2.45) is 0 Å². The van der Waals surface area contributed by atoms with Gasteiger partial charge in [0.25, 0.3) is 6.43 Å². The molecule has 0 aromatic carbocycles. The smallest absolute Gasteiger partial charge is 0.279 e. The number of halogens is 3. The highest BCUT2D eigenvalue weighted by Gasteiger charge is 2.16. The number of H-pyrrole nitrogens is 1. The number of nitrogens with one attached hydrogen (secondary N) is 1. The van der Waals surface area contributed by atoms with Crippen molar-refractivity contribution < 1.29 is 13.6 Å². The molecule has 6 heteroatoms. The van der Waals surface area contributed by atoms with Crippen LogP contribution in [0.15, 0.2) is 10.9 Å². The van der Waals surface area contributed by atoms with Crippen LogP contribution >= 0.6 is 15.9 Å². The van der Waals surface area contributed by atoms with Gasteiger partial charge < -0.3 is 4.98 Å². The Morgan fingerprint density at radius 2 is 2.21 bits per heavy atom. The second-order valence-electron chi connectivity index (χ2n) is 2.54. The molecular weight excluding hydrogens is 260 g/mol. The Morgan fingerprint density at radius 1 is 1.57 bits per heavy atom. The van der Waals surface area contributed by atoms with E-state index in [1.807, 2.05) is 4.98 Å². The molecule has 0 amide bonds. The van der Waals surface area contributed by atoms with Crippen LogP contribution in [0.2, 0.25) is 0 Å². The molecule has 1 aromatic heterocycles. The quantitative estimate of drug-likeness (QED) is 0.672. The van der Waals surface area contributed by atoms with Crippen LogP contribution in [0.25, 0.3) is 0 Å². The van der Waals surface area contributed by atoms with E-state index in [-0.39, 0.29) is 16.5 Å². The summed E-state index contributed by atoms with van der Waals surface area (Å²) in [4.78, 5) is 23.4. The second-order valence-corrected chi connectivity index (χ2v) is 3.10. The highest BCUT2D eigenvalue weighted by molar-refractivity contribution is 9.08. The van der Waals surface area contributed by atoms with Gasteiger partial charge in [-0.05, 0) is 5.56 Å². The summed E-state index contributed by atoms with van der Waals surface area (Å²) in [5, 5.41) is 0.185. The molecule has 1 rings (SSSR count). The van der Waals surface area contributed by atoms with E-state index in [0.717, 1.165) is 6.07 Å². The van der Waals surface area contributed by atoms with Crippen LogP contribution in [0.5, 0.6) is 0 Å². The van der Waals surface area contributed by atoms with Gasteiger partial charge in [-0.2, -0.15) is 0 Å². The number of carbonyl (C=O) groups is 1. The number of rotatable bonds is 3. The van der Waals surface area contributed by atoms with Gasteiger partial charge in [0.05, 0.1) is 5.69 Å². The van der Waals surface area contributed by atoms with E-state index >= 15 is 0 Å². The molecule has 0 bridgehead atoms. The maximum absolute atomic E-state index is 12.4. The molecule has 1 aromatic rings. The molecular formula is C8H6BrF2NO2. The van der Waals surface area contributed by atoms with Gasteiger partial charge in [-0.3, -0.25) is 9.59 Å². The van der Waals surface area contributed by atoms with E-state index < -0.39 is 17.7 Å². The van der Waals surface area contributed by atoms with Crippen molar-refractivity contribution in [3.63, 3.8) is 0 Å². The molecule has 76 valence electrons. The first-order valence-corrected chi connectivity index (χ1v) is 4.77. The van der Waals surface area contributed by atoms with Gasteiger partial charge in [-0.25, -0.2) is 8.78 Å². The fourth-order valence-corrected chi connectivity index (χ4v) is 1.53. The van der Waals surface area contributed by atoms with Gasteiger partial charge in [0.1, 0.15) is 0 Å². The average molecular weight is 266 g/mol. The van der Waals surface area contributed by atoms with Crippen LogP contribution in [-0.2, 0) is 5.33 Å². The molecule has 1 N–H and O–H groups in total. The van der Waals surface area contributed by atoms with Crippen LogP contribution in [0.4, 0.5) is 8.78 Å². The molecule has 1 heterocycles. The largest absolute Gasteiger partial charge is 0.320 e. The first kappa shape index (κ1) is 11.0. The van der Waals surface area contributed by atoms with Crippen molar-refractivity contribution in [1.82, 2.24) is 4.98 Å². The van der Waals surface area contributed by atoms with Gasteiger partial charge in [-0.1, -0.05) is 15.9 Å². The zero-order chi connectivity index (χ0) is 10.7. The van der Waals surface area contributed by atoms with Gasteiger partial charge in [0, 0.05) is 17.0 Å². The maximum atomic E-state index is 12.4. The molecule has 0 fully saturated rings. The van der Waals surface area contributed by atoms with Gasteiger partial charge >= 0.3 is 0 Å². The van der Waals surface area contributed by atoms with Crippen LogP contribution in [0.1, 0.15) is 28.0 Å². The highest BCUT2D eigenvalue weighted by Crippen LogP contribution is 2.21. The number of aromatic amines is 1. The summed E-state index contributed by atoms with van der Waals surface area (Å²) in [7, 11) is 0. The first-order chi connectivity index (χ1) is 6.60. The highest BCUT2D eigenvalue weighted by atomic mass is 79.9. The predicted molar refractivity (Wildman–Crippen MR) is 50.0 cm³/mol. The Balaban J connectivity index is 3.47. The summed E-state index contributed by atoms with van der Waals surface area (Å²) in [6.07, 6.45) is -2.55. The monoisotopic (exact) mass is 265 g/mol. The molecule has 0 unspecified atom stereocenters. The number of carbonyl (C=O) groups excluding carboxylic acids is 1. The number of hydrogen-bond donors (Lipinski definition) is 1. The Morgan fingerprint density at radius 3 is 2.64 bits per heavy atom. The van der Waals surface area contributed by atoms with E-state index in [1.165, 1.54) is 0 Å². The van der Waals surface area contributed by atoms with Crippen molar-refractivity contribution >= 4 is 22.2 Å². The lowest BCUT2D eigenvalue weighted by Crippen LogP contribution is -2.13. The third-order valence-electron chi connectivity index (χ3n) is 1.68. The zero-order valence-electron chi connectivity index (χ0n) is 6.89. The number of hydrogen-bond acceptors (Lipinski definition) is 2. The normalized spacial score (nSPS) is 10.6. The standard InChI is InChI=1S/C8H6BrF2NO2/c9-2-4-1-6(14)12-7(8(10)11)5(4)3-13/h1,3,8H,2H2,(H,12,14). The zero-order valence-corrected chi connectivity index (χ0v) is 8.48. The summed E-state index contributed by atoms with van der Waals surface area (Å²) >= 11 is 3.01. The minimum atomic E-state index is -2.86. The molecule has 0 radical (unpaired) electrons. The number of alkyl halides is 3. The van der Waals surface area contributed by atoms with E-state index in [9.17, 15) is 18.4 Å². The van der Waals surface area contributed by atoms with Gasteiger partial charge in [0.2, 0.25) is 5.56 Å². The predicted octanol–water partition coefficient (Wildman–Crippen LogP) is 2.02. The minimum absolute atomic E-state index is 0.156. The third-order valence-corrected chi connectivity index (χ3v) is 2.28. The summed E-state index contributed by atoms with van der Waals surface area (Å²) in [6.45, 7) is 0. The van der Waals surface area contributed by atoms with E-state index in [0.29, 0.717) is 6.29 Å². The average Bonchev–Trinajstić information content (AvgIpc) is 2.16. The number of aromatic nitrogens is 1. The van der Waals surface area contributed by atoms with Crippen molar-refractivity contribution in [3.05, 3.63) is 33.2 Å². The lowest BCUT2D eigenvalue weighted by atomic mass is 10.1. The maximum Gasteiger partial charge on any atom is 0.279 e. The van der Waals surface area contributed by atoms with Crippen molar-refractivity contribution in [2.75, 3.05) is 0 Å². The summed E-state index contributed by atoms with van der Waals surface area (Å²) in [5.41, 5.74) is -1.15. The molecule has 0 aliphatic carbocycles. The van der Waals surface area contributed by atoms with Crippen molar-refractivity contribution in [1.29, 1.82) is 0 Å². The van der Waals surface area contributed by atoms with Gasteiger partial charge in [0.15, 0.2) is 6.29 Å². The SMILES string of the molecule is O=Cc1c(CBr)cc(=O)[nH]c1C(F)F.